The van der Waals surface area contributed by atoms with Crippen LogP contribution < -0.4 is 4.90 Å². The zero-order chi connectivity index (χ0) is 13.0. The van der Waals surface area contributed by atoms with Gasteiger partial charge in [-0.15, -0.1) is 0 Å². The molecule has 0 unspecified atom stereocenters. The topological polar surface area (TPSA) is 63.7 Å². The summed E-state index contributed by atoms with van der Waals surface area (Å²) in [5, 5.41) is 18.6. The first-order valence-electron chi connectivity index (χ1n) is 5.64. The Bertz CT molecular complexity index is 649. The van der Waals surface area contributed by atoms with Crippen molar-refractivity contribution in [2.24, 2.45) is 0 Å². The normalized spacial score (nSPS) is 9.72. The third-order valence-electron chi connectivity index (χ3n) is 2.78. The fraction of sp³-hybridized carbons (Fsp3) is 0.214. The van der Waals surface area contributed by atoms with Crippen molar-refractivity contribution in [3.63, 3.8) is 0 Å². The number of nitriles is 2. The number of nitrogens with zero attached hydrogens (tertiary/aromatic N) is 4. The van der Waals surface area contributed by atoms with Gasteiger partial charge >= 0.3 is 0 Å². The molecular formula is C14H12N4. The molecule has 0 fully saturated rings. The quantitative estimate of drug-likeness (QED) is 0.821. The minimum absolute atomic E-state index is 0.396. The summed E-state index contributed by atoms with van der Waals surface area (Å²) >= 11 is 0. The van der Waals surface area contributed by atoms with Gasteiger partial charge in [0.15, 0.2) is 0 Å². The van der Waals surface area contributed by atoms with Crippen LogP contribution in [0.25, 0.3) is 10.9 Å². The van der Waals surface area contributed by atoms with E-state index in [4.69, 9.17) is 10.5 Å². The van der Waals surface area contributed by atoms with Crippen molar-refractivity contribution >= 4 is 16.6 Å². The van der Waals surface area contributed by atoms with Gasteiger partial charge in [-0.25, -0.2) is 4.98 Å². The van der Waals surface area contributed by atoms with E-state index >= 15 is 0 Å². The van der Waals surface area contributed by atoms with Gasteiger partial charge in [-0.3, -0.25) is 0 Å². The van der Waals surface area contributed by atoms with Crippen LogP contribution in [0.5, 0.6) is 0 Å². The summed E-state index contributed by atoms with van der Waals surface area (Å²) in [5.74, 6) is 0. The number of para-hydroxylation sites is 1. The third-order valence-corrected chi connectivity index (χ3v) is 2.78. The second-order valence-electron chi connectivity index (χ2n) is 3.99. The Morgan fingerprint density at radius 2 is 2.06 bits per heavy atom. The third kappa shape index (κ3) is 2.23. The van der Waals surface area contributed by atoms with E-state index in [0.29, 0.717) is 18.7 Å². The van der Waals surface area contributed by atoms with Gasteiger partial charge in [0, 0.05) is 24.7 Å². The van der Waals surface area contributed by atoms with Gasteiger partial charge in [0.2, 0.25) is 0 Å². The monoisotopic (exact) mass is 236 g/mol. The second-order valence-corrected chi connectivity index (χ2v) is 3.99. The standard InChI is InChI=1S/C14H12N4/c1-18(8-4-7-15)14-9-11(10-16)17-13-6-3-2-5-12(13)14/h2-3,5-6,9H,4,8H2,1H3. The maximum Gasteiger partial charge on any atom is 0.143 e. The Kier molecular flexibility index (Phi) is 3.41. The molecule has 1 heterocycles. The molecule has 0 atom stereocenters. The summed E-state index contributed by atoms with van der Waals surface area (Å²) in [4.78, 5) is 6.24. The number of pyridine rings is 1. The molecular weight excluding hydrogens is 224 g/mol. The lowest BCUT2D eigenvalue weighted by molar-refractivity contribution is 0.908. The summed E-state index contributed by atoms with van der Waals surface area (Å²) in [6.45, 7) is 0.634. The number of rotatable bonds is 3. The highest BCUT2D eigenvalue weighted by atomic mass is 15.1. The van der Waals surface area contributed by atoms with Crippen LogP contribution >= 0.6 is 0 Å². The van der Waals surface area contributed by atoms with E-state index in [-0.39, 0.29) is 0 Å². The van der Waals surface area contributed by atoms with Gasteiger partial charge in [0.25, 0.3) is 0 Å². The number of anilines is 1. The molecule has 0 bridgehead atoms. The highest BCUT2D eigenvalue weighted by Gasteiger charge is 2.09. The summed E-state index contributed by atoms with van der Waals surface area (Å²) < 4.78 is 0. The van der Waals surface area contributed by atoms with E-state index in [1.54, 1.807) is 6.07 Å². The molecule has 0 spiro atoms. The molecule has 0 aliphatic carbocycles. The molecule has 88 valence electrons. The van der Waals surface area contributed by atoms with Crippen LogP contribution in [0, 0.1) is 22.7 Å². The molecule has 0 saturated heterocycles. The first-order valence-corrected chi connectivity index (χ1v) is 5.64. The van der Waals surface area contributed by atoms with E-state index < -0.39 is 0 Å². The molecule has 0 N–H and O–H groups in total. The van der Waals surface area contributed by atoms with Gasteiger partial charge < -0.3 is 4.90 Å². The van der Waals surface area contributed by atoms with Gasteiger partial charge in [0.05, 0.1) is 18.0 Å². The first kappa shape index (κ1) is 11.9. The predicted molar refractivity (Wildman–Crippen MR) is 70.0 cm³/mol. The fourth-order valence-electron chi connectivity index (χ4n) is 1.87. The highest BCUT2D eigenvalue weighted by Crippen LogP contribution is 2.25. The molecule has 4 nitrogen and oxygen atoms in total. The average Bonchev–Trinajstić information content (AvgIpc) is 2.43. The molecule has 0 aliphatic heterocycles. The molecule has 2 aromatic rings. The maximum absolute atomic E-state index is 9.00. The van der Waals surface area contributed by atoms with Crippen molar-refractivity contribution in [3.05, 3.63) is 36.0 Å². The lowest BCUT2D eigenvalue weighted by Crippen LogP contribution is -2.18. The Balaban J connectivity index is 2.54. The van der Waals surface area contributed by atoms with Crippen molar-refractivity contribution in [2.75, 3.05) is 18.5 Å². The molecule has 4 heteroatoms. The lowest BCUT2D eigenvalue weighted by atomic mass is 10.1. The van der Waals surface area contributed by atoms with Crippen LogP contribution in [-0.2, 0) is 0 Å². The van der Waals surface area contributed by atoms with E-state index in [1.165, 1.54) is 0 Å². The van der Waals surface area contributed by atoms with Crippen molar-refractivity contribution in [2.45, 2.75) is 6.42 Å². The van der Waals surface area contributed by atoms with Gasteiger partial charge in [-0.2, -0.15) is 10.5 Å². The smallest absolute Gasteiger partial charge is 0.143 e. The summed E-state index contributed by atoms with van der Waals surface area (Å²) in [6, 6.07) is 13.7. The zero-order valence-corrected chi connectivity index (χ0v) is 10.1. The van der Waals surface area contributed by atoms with E-state index in [0.717, 1.165) is 16.6 Å². The summed E-state index contributed by atoms with van der Waals surface area (Å²) in [5.41, 5.74) is 2.13. The molecule has 2 rings (SSSR count). The molecule has 1 aromatic heterocycles. The molecule has 0 saturated carbocycles. The molecule has 0 aliphatic rings. The van der Waals surface area contributed by atoms with Crippen molar-refractivity contribution in [1.29, 1.82) is 10.5 Å². The highest BCUT2D eigenvalue weighted by molar-refractivity contribution is 5.92. The zero-order valence-electron chi connectivity index (χ0n) is 10.1. The number of aromatic nitrogens is 1. The fourth-order valence-corrected chi connectivity index (χ4v) is 1.87. The van der Waals surface area contributed by atoms with Crippen LogP contribution in [0.3, 0.4) is 0 Å². The summed E-state index contributed by atoms with van der Waals surface area (Å²) in [6.07, 6.45) is 0.453. The number of hydrogen-bond donors (Lipinski definition) is 0. The van der Waals surface area contributed by atoms with Crippen LogP contribution in [-0.4, -0.2) is 18.6 Å². The second kappa shape index (κ2) is 5.16. The average molecular weight is 236 g/mol. The van der Waals surface area contributed by atoms with Crippen LogP contribution in [0.15, 0.2) is 30.3 Å². The molecule has 18 heavy (non-hydrogen) atoms. The minimum atomic E-state index is 0.396. The Morgan fingerprint density at radius 3 is 2.78 bits per heavy atom. The number of hydrogen-bond acceptors (Lipinski definition) is 4. The van der Waals surface area contributed by atoms with Crippen molar-refractivity contribution in [1.82, 2.24) is 4.98 Å². The summed E-state index contributed by atoms with van der Waals surface area (Å²) in [7, 11) is 1.92. The maximum atomic E-state index is 9.00. The lowest BCUT2D eigenvalue weighted by Gasteiger charge is -2.19. The number of benzene rings is 1. The van der Waals surface area contributed by atoms with E-state index in [1.807, 2.05) is 36.2 Å². The minimum Gasteiger partial charge on any atom is -0.373 e. The van der Waals surface area contributed by atoms with E-state index in [9.17, 15) is 0 Å². The van der Waals surface area contributed by atoms with Crippen molar-refractivity contribution in [3.8, 4) is 12.1 Å². The van der Waals surface area contributed by atoms with E-state index in [2.05, 4.69) is 17.1 Å². The van der Waals surface area contributed by atoms with Crippen LogP contribution in [0.2, 0.25) is 0 Å². The Morgan fingerprint density at radius 1 is 1.28 bits per heavy atom. The van der Waals surface area contributed by atoms with Crippen LogP contribution in [0.1, 0.15) is 12.1 Å². The SMILES string of the molecule is CN(CCC#N)c1cc(C#N)nc2ccccc12. The van der Waals surface area contributed by atoms with Crippen molar-refractivity contribution < 1.29 is 0 Å². The van der Waals surface area contributed by atoms with Gasteiger partial charge in [-0.05, 0) is 12.1 Å². The molecule has 1 aromatic carbocycles. The van der Waals surface area contributed by atoms with Gasteiger partial charge in [-0.1, -0.05) is 18.2 Å². The number of fused-ring (bicyclic) bond motifs is 1. The molecule has 0 amide bonds. The Hall–Kier alpha value is -2.59. The molecule has 0 radical (unpaired) electrons. The van der Waals surface area contributed by atoms with Crippen LogP contribution in [0.4, 0.5) is 5.69 Å². The first-order chi connectivity index (χ1) is 8.76. The predicted octanol–water partition coefficient (Wildman–Crippen LogP) is 2.46. The largest absolute Gasteiger partial charge is 0.373 e. The Labute approximate surface area is 106 Å². The van der Waals surface area contributed by atoms with Gasteiger partial charge in [0.1, 0.15) is 11.8 Å².